The Morgan fingerprint density at radius 2 is 2.16 bits per heavy atom. The van der Waals surface area contributed by atoms with Crippen LogP contribution in [0.4, 0.5) is 17.5 Å². The highest BCUT2D eigenvalue weighted by Crippen LogP contribution is 2.24. The monoisotopic (exact) mass is 336 g/mol. The second-order valence-electron chi connectivity index (χ2n) is 6.80. The van der Waals surface area contributed by atoms with E-state index in [-0.39, 0.29) is 0 Å². The van der Waals surface area contributed by atoms with Crippen LogP contribution < -0.4 is 15.5 Å². The van der Waals surface area contributed by atoms with Crippen molar-refractivity contribution in [2.75, 3.05) is 29.9 Å². The number of nitrogens with one attached hydrogen (secondary N) is 2. The van der Waals surface area contributed by atoms with E-state index in [0.29, 0.717) is 6.04 Å². The zero-order chi connectivity index (χ0) is 17.2. The van der Waals surface area contributed by atoms with Crippen LogP contribution in [0.2, 0.25) is 0 Å². The third-order valence-corrected chi connectivity index (χ3v) is 4.73. The molecule has 0 radical (unpaired) electrons. The van der Waals surface area contributed by atoms with Crippen LogP contribution >= 0.6 is 0 Å². The van der Waals surface area contributed by atoms with E-state index in [1.165, 1.54) is 11.1 Å². The summed E-state index contributed by atoms with van der Waals surface area (Å²) in [7, 11) is 0. The molecule has 1 aromatic heterocycles. The average molecular weight is 336 g/mol. The topological polar surface area (TPSA) is 65.4 Å². The van der Waals surface area contributed by atoms with Gasteiger partial charge in [-0.15, -0.1) is 0 Å². The highest BCUT2D eigenvalue weighted by Gasteiger charge is 2.20. The van der Waals surface area contributed by atoms with E-state index in [2.05, 4.69) is 50.6 Å². The normalized spacial score (nSPS) is 19.6. The molecular weight excluding hydrogens is 312 g/mol. The molecule has 1 saturated heterocycles. The Hall–Kier alpha value is -2.47. The molecule has 0 amide bonds. The number of benzene rings is 1. The lowest BCUT2D eigenvalue weighted by atomic mass is 10.1. The van der Waals surface area contributed by atoms with Gasteiger partial charge in [0.2, 0.25) is 5.95 Å². The molecule has 0 saturated carbocycles. The standard InChI is InChI=1S/C19H24N6/c1-13-8-18(23-17-5-4-15-11-21-12-16(15)9-17)24-19(22-13)25-7-3-6-20-10-14(25)2/h4-5,8-9,12,14,20H,3,6-7,10-11H2,1-2H3,(H,22,23,24). The van der Waals surface area contributed by atoms with Crippen LogP contribution in [0.5, 0.6) is 0 Å². The van der Waals surface area contributed by atoms with Crippen LogP contribution in [0.3, 0.4) is 0 Å². The van der Waals surface area contributed by atoms with Crippen LogP contribution in [-0.4, -0.2) is 41.9 Å². The molecule has 2 aromatic rings. The Labute approximate surface area is 148 Å². The van der Waals surface area contributed by atoms with Gasteiger partial charge in [0.15, 0.2) is 0 Å². The Morgan fingerprint density at radius 1 is 1.24 bits per heavy atom. The Kier molecular flexibility index (Phi) is 4.36. The van der Waals surface area contributed by atoms with Gasteiger partial charge in [0, 0.05) is 42.8 Å². The van der Waals surface area contributed by atoms with Crippen molar-refractivity contribution in [2.24, 2.45) is 4.99 Å². The molecular formula is C19H24N6. The summed E-state index contributed by atoms with van der Waals surface area (Å²) in [6, 6.07) is 8.71. The van der Waals surface area contributed by atoms with Gasteiger partial charge in [-0.2, -0.15) is 4.98 Å². The highest BCUT2D eigenvalue weighted by molar-refractivity contribution is 5.86. The van der Waals surface area contributed by atoms with E-state index in [1.807, 2.05) is 19.2 Å². The molecule has 0 bridgehead atoms. The average Bonchev–Trinajstić information content (AvgIpc) is 2.94. The summed E-state index contributed by atoms with van der Waals surface area (Å²) in [6.45, 7) is 8.02. The molecule has 1 atom stereocenters. The summed E-state index contributed by atoms with van der Waals surface area (Å²) in [5.74, 6) is 1.64. The van der Waals surface area contributed by atoms with Gasteiger partial charge in [-0.05, 0) is 50.1 Å². The molecule has 6 nitrogen and oxygen atoms in total. The van der Waals surface area contributed by atoms with E-state index in [0.717, 1.165) is 55.7 Å². The first kappa shape index (κ1) is 16.0. The number of aliphatic imine (C=N–C) groups is 1. The van der Waals surface area contributed by atoms with Crippen molar-refractivity contribution >= 4 is 23.7 Å². The minimum atomic E-state index is 0.383. The van der Waals surface area contributed by atoms with E-state index in [9.17, 15) is 0 Å². The second-order valence-corrected chi connectivity index (χ2v) is 6.80. The Balaban J connectivity index is 1.60. The predicted octanol–water partition coefficient (Wildman–Crippen LogP) is 2.65. The molecule has 1 fully saturated rings. The predicted molar refractivity (Wildman–Crippen MR) is 102 cm³/mol. The first-order valence-corrected chi connectivity index (χ1v) is 8.92. The van der Waals surface area contributed by atoms with E-state index < -0.39 is 0 Å². The first-order chi connectivity index (χ1) is 12.2. The van der Waals surface area contributed by atoms with Gasteiger partial charge in [-0.3, -0.25) is 4.99 Å². The number of rotatable bonds is 3. The molecule has 6 heteroatoms. The lowest BCUT2D eigenvalue weighted by molar-refractivity contribution is 0.619. The Morgan fingerprint density at radius 3 is 3.08 bits per heavy atom. The summed E-state index contributed by atoms with van der Waals surface area (Å²) >= 11 is 0. The molecule has 2 aliphatic heterocycles. The highest BCUT2D eigenvalue weighted by atomic mass is 15.3. The summed E-state index contributed by atoms with van der Waals surface area (Å²) in [6.07, 6.45) is 3.04. The van der Waals surface area contributed by atoms with E-state index >= 15 is 0 Å². The van der Waals surface area contributed by atoms with Gasteiger partial charge in [-0.1, -0.05) is 6.07 Å². The number of hydrogen-bond acceptors (Lipinski definition) is 6. The molecule has 1 aromatic carbocycles. The van der Waals surface area contributed by atoms with Crippen LogP contribution in [0.1, 0.15) is 30.2 Å². The smallest absolute Gasteiger partial charge is 0.227 e. The van der Waals surface area contributed by atoms with Crippen molar-refractivity contribution in [1.82, 2.24) is 15.3 Å². The van der Waals surface area contributed by atoms with Gasteiger partial charge in [0.1, 0.15) is 5.82 Å². The van der Waals surface area contributed by atoms with E-state index in [1.54, 1.807) is 0 Å². The molecule has 4 rings (SSSR count). The van der Waals surface area contributed by atoms with Crippen molar-refractivity contribution < 1.29 is 0 Å². The third-order valence-electron chi connectivity index (χ3n) is 4.73. The van der Waals surface area contributed by atoms with Crippen LogP contribution in [-0.2, 0) is 6.54 Å². The maximum atomic E-state index is 4.78. The zero-order valence-corrected chi connectivity index (χ0v) is 14.8. The molecule has 0 spiro atoms. The minimum Gasteiger partial charge on any atom is -0.340 e. The van der Waals surface area contributed by atoms with Crippen molar-refractivity contribution in [3.05, 3.63) is 41.1 Å². The number of fused-ring (bicyclic) bond motifs is 1. The van der Waals surface area contributed by atoms with Crippen molar-refractivity contribution in [3.63, 3.8) is 0 Å². The number of aryl methyl sites for hydroxylation is 1. The van der Waals surface area contributed by atoms with Gasteiger partial charge < -0.3 is 15.5 Å². The molecule has 1 unspecified atom stereocenters. The number of anilines is 3. The molecule has 3 heterocycles. The maximum Gasteiger partial charge on any atom is 0.227 e. The molecule has 130 valence electrons. The largest absolute Gasteiger partial charge is 0.340 e. The number of hydrogen-bond donors (Lipinski definition) is 2. The molecule has 25 heavy (non-hydrogen) atoms. The fraction of sp³-hybridized carbons (Fsp3) is 0.421. The summed E-state index contributed by atoms with van der Waals surface area (Å²) in [5, 5.41) is 6.89. The van der Waals surface area contributed by atoms with Crippen molar-refractivity contribution in [2.45, 2.75) is 32.9 Å². The maximum absolute atomic E-state index is 4.78. The van der Waals surface area contributed by atoms with Gasteiger partial charge in [0.05, 0.1) is 6.54 Å². The van der Waals surface area contributed by atoms with Crippen LogP contribution in [0.15, 0.2) is 29.3 Å². The number of nitrogens with zero attached hydrogens (tertiary/aromatic N) is 4. The van der Waals surface area contributed by atoms with Gasteiger partial charge >= 0.3 is 0 Å². The minimum absolute atomic E-state index is 0.383. The molecule has 0 aliphatic carbocycles. The van der Waals surface area contributed by atoms with Gasteiger partial charge in [-0.25, -0.2) is 4.98 Å². The summed E-state index contributed by atoms with van der Waals surface area (Å²) in [4.78, 5) is 16.1. The number of aromatic nitrogens is 2. The van der Waals surface area contributed by atoms with Gasteiger partial charge in [0.25, 0.3) is 0 Å². The fourth-order valence-electron chi connectivity index (χ4n) is 3.39. The molecule has 2 aliphatic rings. The van der Waals surface area contributed by atoms with Crippen molar-refractivity contribution in [1.29, 1.82) is 0 Å². The Bertz CT molecular complexity index is 800. The summed E-state index contributed by atoms with van der Waals surface area (Å²) < 4.78 is 0. The van der Waals surface area contributed by atoms with E-state index in [4.69, 9.17) is 4.98 Å². The SMILES string of the molecule is Cc1cc(Nc2ccc3c(c2)C=NC3)nc(N2CCCNCC2C)n1. The van der Waals surface area contributed by atoms with Crippen LogP contribution in [0.25, 0.3) is 0 Å². The fourth-order valence-corrected chi connectivity index (χ4v) is 3.39. The molecule has 2 N–H and O–H groups in total. The second kappa shape index (κ2) is 6.80. The van der Waals surface area contributed by atoms with Crippen LogP contribution in [0, 0.1) is 6.92 Å². The van der Waals surface area contributed by atoms with Crippen molar-refractivity contribution in [3.8, 4) is 0 Å². The first-order valence-electron chi connectivity index (χ1n) is 8.92. The summed E-state index contributed by atoms with van der Waals surface area (Å²) in [5.41, 5.74) is 4.46. The third kappa shape index (κ3) is 3.49. The lowest BCUT2D eigenvalue weighted by Crippen LogP contribution is -2.38. The zero-order valence-electron chi connectivity index (χ0n) is 14.8. The quantitative estimate of drug-likeness (QED) is 0.902. The lowest BCUT2D eigenvalue weighted by Gasteiger charge is -2.27.